The lowest BCUT2D eigenvalue weighted by atomic mass is 9.66. The van der Waals surface area contributed by atoms with E-state index in [1.165, 1.54) is 0 Å². The molecule has 2 aliphatic carbocycles. The van der Waals surface area contributed by atoms with E-state index in [1.54, 1.807) is 0 Å². The van der Waals surface area contributed by atoms with Crippen LogP contribution in [0.2, 0.25) is 0 Å². The van der Waals surface area contributed by atoms with Crippen molar-refractivity contribution in [2.45, 2.75) is 89.8 Å². The first kappa shape index (κ1) is 30.8. The molecule has 0 heterocycles. The average Bonchev–Trinajstić information content (AvgIpc) is 2.91. The van der Waals surface area contributed by atoms with Crippen LogP contribution in [0, 0.1) is 24.7 Å². The Balaban J connectivity index is 1.49. The highest BCUT2D eigenvalue weighted by Gasteiger charge is 2.42. The molecule has 8 nitrogen and oxygen atoms in total. The summed E-state index contributed by atoms with van der Waals surface area (Å²) in [6.45, 7) is 5.90. The number of rotatable bonds is 12. The van der Waals surface area contributed by atoms with Crippen LogP contribution in [0.15, 0.2) is 60.2 Å². The summed E-state index contributed by atoms with van der Waals surface area (Å²) in [6, 6.07) is 11.9. The normalized spacial score (nSPS) is 26.0. The van der Waals surface area contributed by atoms with Gasteiger partial charge >= 0.3 is 11.9 Å². The maximum atomic E-state index is 13.6. The van der Waals surface area contributed by atoms with Crippen LogP contribution in [0.5, 0.6) is 5.75 Å². The number of hydrogen-bond donors (Lipinski definition) is 4. The predicted octanol–water partition coefficient (Wildman–Crippen LogP) is 4.71. The first-order chi connectivity index (χ1) is 19.6. The van der Waals surface area contributed by atoms with Gasteiger partial charge in [-0.15, -0.1) is 0 Å². The maximum absolute atomic E-state index is 13.6. The number of aliphatic hydroxyl groups is 3. The Morgan fingerprint density at radius 3 is 2.59 bits per heavy atom. The van der Waals surface area contributed by atoms with Crippen molar-refractivity contribution in [3.05, 3.63) is 65.8 Å². The number of aliphatic hydroxyl groups excluding tert-OH is 3. The van der Waals surface area contributed by atoms with Crippen LogP contribution in [0.3, 0.4) is 0 Å². The van der Waals surface area contributed by atoms with Crippen LogP contribution in [-0.4, -0.2) is 62.9 Å². The number of ether oxygens (including phenoxy) is 2. The van der Waals surface area contributed by atoms with Gasteiger partial charge in [-0.2, -0.15) is 0 Å². The summed E-state index contributed by atoms with van der Waals surface area (Å²) in [5.41, 5.74) is 1.83. The lowest BCUT2D eigenvalue weighted by Gasteiger charge is -2.43. The summed E-state index contributed by atoms with van der Waals surface area (Å²) < 4.78 is 12.4. The third-order valence-electron chi connectivity index (χ3n) is 8.40. The average molecular weight is 567 g/mol. The number of carboxylic acids is 1. The van der Waals surface area contributed by atoms with E-state index in [9.17, 15) is 24.9 Å². The van der Waals surface area contributed by atoms with E-state index in [4.69, 9.17) is 14.6 Å². The van der Waals surface area contributed by atoms with Crippen LogP contribution in [0.25, 0.3) is 10.8 Å². The van der Waals surface area contributed by atoms with Crippen molar-refractivity contribution >= 4 is 22.7 Å². The molecule has 0 radical (unpaired) electrons. The number of carboxylic acid groups (broad SMARTS) is 1. The molecule has 0 saturated heterocycles. The highest BCUT2D eigenvalue weighted by Crippen LogP contribution is 2.44. The fourth-order valence-corrected chi connectivity index (χ4v) is 6.26. The SMILES string of the molecule is CC[C@H](Oc1c(C)ccc2ccccc12)C(=O)O[C@H]1C[C@H](O)C=C2C=C[C@@H](C)[C@H](CC[C@@H](O)C[C@@H](O)CC(=O)O)[C@H]21. The minimum absolute atomic E-state index is 0.0170. The second kappa shape index (κ2) is 13.6. The summed E-state index contributed by atoms with van der Waals surface area (Å²) in [5.74, 6) is -0.958. The van der Waals surface area contributed by atoms with Crippen LogP contribution in [0.4, 0.5) is 0 Å². The summed E-state index contributed by atoms with van der Waals surface area (Å²) in [6.07, 6.45) is 2.94. The molecule has 2 aromatic rings. The number of benzene rings is 2. The van der Waals surface area contributed by atoms with Crippen molar-refractivity contribution in [3.8, 4) is 5.75 Å². The number of carbonyl (C=O) groups excluding carboxylic acids is 1. The van der Waals surface area contributed by atoms with Gasteiger partial charge in [0.1, 0.15) is 11.9 Å². The van der Waals surface area contributed by atoms with Crippen molar-refractivity contribution in [2.24, 2.45) is 17.8 Å². The first-order valence-electron chi connectivity index (χ1n) is 14.6. The monoisotopic (exact) mass is 566 g/mol. The lowest BCUT2D eigenvalue weighted by Crippen LogP contribution is -2.44. The van der Waals surface area contributed by atoms with E-state index in [0.717, 1.165) is 21.9 Å². The number of carbonyl (C=O) groups is 2. The van der Waals surface area contributed by atoms with Gasteiger partial charge < -0.3 is 29.9 Å². The fourth-order valence-electron chi connectivity index (χ4n) is 6.26. The zero-order valence-electron chi connectivity index (χ0n) is 24.0. The molecule has 8 heteroatoms. The van der Waals surface area contributed by atoms with Crippen molar-refractivity contribution < 1.29 is 39.5 Å². The molecule has 0 bridgehead atoms. The van der Waals surface area contributed by atoms with Crippen molar-refractivity contribution in [2.75, 3.05) is 0 Å². The molecule has 2 aromatic carbocycles. The van der Waals surface area contributed by atoms with Crippen LogP contribution >= 0.6 is 0 Å². The van der Waals surface area contributed by atoms with Gasteiger partial charge in [0, 0.05) is 17.7 Å². The number of esters is 1. The Hall–Kier alpha value is -3.20. The Morgan fingerprint density at radius 1 is 1.10 bits per heavy atom. The molecule has 0 unspecified atom stereocenters. The Kier molecular flexibility index (Phi) is 10.2. The van der Waals surface area contributed by atoms with Gasteiger partial charge in [-0.05, 0) is 61.0 Å². The third kappa shape index (κ3) is 7.56. The van der Waals surface area contributed by atoms with Gasteiger partial charge in [0.15, 0.2) is 6.10 Å². The Morgan fingerprint density at radius 2 is 1.85 bits per heavy atom. The van der Waals surface area contributed by atoms with E-state index in [-0.39, 0.29) is 30.6 Å². The first-order valence-corrected chi connectivity index (χ1v) is 14.6. The predicted molar refractivity (Wildman–Crippen MR) is 155 cm³/mol. The third-order valence-corrected chi connectivity index (χ3v) is 8.40. The molecule has 4 rings (SSSR count). The van der Waals surface area contributed by atoms with E-state index >= 15 is 0 Å². The van der Waals surface area contributed by atoms with Crippen LogP contribution in [0.1, 0.15) is 57.9 Å². The minimum atomic E-state index is -1.11. The smallest absolute Gasteiger partial charge is 0.347 e. The number of aryl methyl sites for hydroxylation is 1. The van der Waals surface area contributed by atoms with Crippen molar-refractivity contribution in [3.63, 3.8) is 0 Å². The van der Waals surface area contributed by atoms with Gasteiger partial charge in [0.05, 0.1) is 24.7 Å². The molecule has 8 atom stereocenters. The lowest BCUT2D eigenvalue weighted by molar-refractivity contribution is -0.163. The molecular formula is C33H42O8. The molecule has 0 aliphatic heterocycles. The minimum Gasteiger partial charge on any atom is -0.481 e. The van der Waals surface area contributed by atoms with E-state index in [2.05, 4.69) is 13.0 Å². The molecule has 222 valence electrons. The summed E-state index contributed by atoms with van der Waals surface area (Å²) >= 11 is 0. The van der Waals surface area contributed by atoms with Crippen LogP contribution in [-0.2, 0) is 14.3 Å². The number of allylic oxidation sites excluding steroid dienone is 2. The second-order valence-corrected chi connectivity index (χ2v) is 11.5. The molecule has 0 fully saturated rings. The molecule has 41 heavy (non-hydrogen) atoms. The van der Waals surface area contributed by atoms with E-state index in [0.29, 0.717) is 25.0 Å². The standard InChI is InChI=1S/C33H42O8/c1-4-28(40-32-20(3)10-11-21-7-5-6-8-27(21)32)33(39)41-29-17-24(35)15-22-12-9-19(2)26(31(22)29)14-13-23(34)16-25(36)18-30(37)38/h5-12,15,19,23-26,28-29,31,34-36H,4,13-14,16-18H2,1-3H3,(H,37,38)/t19-,23-,24-,25-,26+,28+,29+,31+/m1/s1. The molecule has 0 amide bonds. The van der Waals surface area contributed by atoms with E-state index in [1.807, 2.05) is 62.4 Å². The van der Waals surface area contributed by atoms with Crippen molar-refractivity contribution in [1.82, 2.24) is 0 Å². The van der Waals surface area contributed by atoms with Crippen LogP contribution < -0.4 is 4.74 Å². The largest absolute Gasteiger partial charge is 0.481 e. The molecule has 0 aromatic heterocycles. The number of hydrogen-bond acceptors (Lipinski definition) is 7. The van der Waals surface area contributed by atoms with Gasteiger partial charge in [-0.25, -0.2) is 4.79 Å². The topological polar surface area (TPSA) is 134 Å². The number of aliphatic carboxylic acids is 1. The molecule has 0 saturated carbocycles. The Bertz CT molecular complexity index is 1280. The number of fused-ring (bicyclic) bond motifs is 2. The molecule has 0 spiro atoms. The van der Waals surface area contributed by atoms with Gasteiger partial charge in [-0.3, -0.25) is 4.79 Å². The molecule has 4 N–H and O–H groups in total. The quantitative estimate of drug-likeness (QED) is 0.272. The Labute approximate surface area is 241 Å². The van der Waals surface area contributed by atoms with Gasteiger partial charge in [-0.1, -0.05) is 68.5 Å². The maximum Gasteiger partial charge on any atom is 0.347 e. The fraction of sp³-hybridized carbons (Fsp3) is 0.515. The summed E-state index contributed by atoms with van der Waals surface area (Å²) in [7, 11) is 0. The second-order valence-electron chi connectivity index (χ2n) is 11.5. The van der Waals surface area contributed by atoms with Gasteiger partial charge in [0.2, 0.25) is 0 Å². The molecular weight excluding hydrogens is 524 g/mol. The summed E-state index contributed by atoms with van der Waals surface area (Å²) in [5, 5.41) is 41.9. The highest BCUT2D eigenvalue weighted by molar-refractivity contribution is 5.90. The van der Waals surface area contributed by atoms with Crippen molar-refractivity contribution in [1.29, 1.82) is 0 Å². The molecule has 2 aliphatic rings. The zero-order valence-corrected chi connectivity index (χ0v) is 24.0. The van der Waals surface area contributed by atoms with Gasteiger partial charge in [0.25, 0.3) is 0 Å². The summed E-state index contributed by atoms with van der Waals surface area (Å²) in [4.78, 5) is 24.4. The van der Waals surface area contributed by atoms with E-state index < -0.39 is 48.9 Å². The zero-order chi connectivity index (χ0) is 29.7. The highest BCUT2D eigenvalue weighted by atomic mass is 16.6.